The van der Waals surface area contributed by atoms with Crippen LogP contribution in [0.5, 0.6) is 0 Å². The molecule has 1 aromatic carbocycles. The molecule has 0 aliphatic carbocycles. The molecule has 98 valence electrons. The van der Waals surface area contributed by atoms with E-state index in [0.717, 1.165) is 6.42 Å². The third-order valence-electron chi connectivity index (χ3n) is 2.79. The quantitative estimate of drug-likeness (QED) is 0.757. The maximum absolute atomic E-state index is 13.2. The van der Waals surface area contributed by atoms with Crippen molar-refractivity contribution in [1.29, 1.82) is 0 Å². The van der Waals surface area contributed by atoms with E-state index in [-0.39, 0.29) is 24.4 Å². The minimum absolute atomic E-state index is 0.0411. The highest BCUT2D eigenvalue weighted by atomic mass is 19.1. The van der Waals surface area contributed by atoms with Crippen molar-refractivity contribution in [3.63, 3.8) is 0 Å². The Hall–Kier alpha value is -1.66. The normalized spacial score (nSPS) is 18.7. The van der Waals surface area contributed by atoms with Gasteiger partial charge in [0.05, 0.1) is 12.6 Å². The van der Waals surface area contributed by atoms with E-state index in [4.69, 9.17) is 10.5 Å². The van der Waals surface area contributed by atoms with Crippen molar-refractivity contribution in [2.75, 3.05) is 18.5 Å². The molecule has 0 radical (unpaired) electrons. The standard InChI is InChI=1S/C12H16FN3O2/c13-11-2-1-9(5-8(11)6-14)15-12(17)16-10-3-4-18-7-10/h1-2,5,10H,3-4,6-7,14H2,(H2,15,16,17). The first-order valence-electron chi connectivity index (χ1n) is 5.83. The highest BCUT2D eigenvalue weighted by molar-refractivity contribution is 5.89. The predicted octanol–water partition coefficient (Wildman–Crippen LogP) is 1.19. The van der Waals surface area contributed by atoms with E-state index in [9.17, 15) is 9.18 Å². The summed E-state index contributed by atoms with van der Waals surface area (Å²) in [5.74, 6) is -0.368. The predicted molar refractivity (Wildman–Crippen MR) is 65.7 cm³/mol. The number of amides is 2. The molecule has 1 aliphatic rings. The van der Waals surface area contributed by atoms with Gasteiger partial charge in [-0.1, -0.05) is 0 Å². The van der Waals surface area contributed by atoms with Crippen LogP contribution in [0, 0.1) is 5.82 Å². The number of anilines is 1. The van der Waals surface area contributed by atoms with Crippen molar-refractivity contribution in [2.24, 2.45) is 5.73 Å². The first-order valence-corrected chi connectivity index (χ1v) is 5.83. The molecule has 0 bridgehead atoms. The van der Waals surface area contributed by atoms with Gasteiger partial charge in [-0.25, -0.2) is 9.18 Å². The van der Waals surface area contributed by atoms with Crippen LogP contribution in [0.15, 0.2) is 18.2 Å². The SMILES string of the molecule is NCc1cc(NC(=O)NC2CCOC2)ccc1F. The van der Waals surface area contributed by atoms with Gasteiger partial charge in [0.2, 0.25) is 0 Å². The molecule has 0 saturated carbocycles. The van der Waals surface area contributed by atoms with Crippen LogP contribution in [0.4, 0.5) is 14.9 Å². The summed E-state index contributed by atoms with van der Waals surface area (Å²) in [6.07, 6.45) is 0.810. The summed E-state index contributed by atoms with van der Waals surface area (Å²) in [6.45, 7) is 1.29. The summed E-state index contributed by atoms with van der Waals surface area (Å²) in [7, 11) is 0. The molecule has 1 atom stereocenters. The second-order valence-corrected chi connectivity index (χ2v) is 4.17. The number of carbonyl (C=O) groups excluding carboxylic acids is 1. The van der Waals surface area contributed by atoms with Gasteiger partial charge in [-0.15, -0.1) is 0 Å². The molecule has 0 spiro atoms. The molecular formula is C12H16FN3O2. The first kappa shape index (κ1) is 12.8. The summed E-state index contributed by atoms with van der Waals surface area (Å²) in [5.41, 5.74) is 6.29. The molecule has 1 aliphatic heterocycles. The smallest absolute Gasteiger partial charge is 0.319 e. The van der Waals surface area contributed by atoms with E-state index in [2.05, 4.69) is 10.6 Å². The lowest BCUT2D eigenvalue weighted by molar-refractivity contribution is 0.189. The van der Waals surface area contributed by atoms with Crippen LogP contribution in [-0.4, -0.2) is 25.3 Å². The highest BCUT2D eigenvalue weighted by Gasteiger charge is 2.17. The molecule has 1 saturated heterocycles. The lowest BCUT2D eigenvalue weighted by Crippen LogP contribution is -2.38. The van der Waals surface area contributed by atoms with E-state index in [1.807, 2.05) is 0 Å². The number of nitrogens with two attached hydrogens (primary N) is 1. The number of ether oxygens (including phenoxy) is 1. The number of carbonyl (C=O) groups is 1. The Morgan fingerprint density at radius 1 is 1.56 bits per heavy atom. The molecule has 1 heterocycles. The number of rotatable bonds is 3. The second kappa shape index (κ2) is 5.79. The van der Waals surface area contributed by atoms with Crippen LogP contribution in [0.1, 0.15) is 12.0 Å². The van der Waals surface area contributed by atoms with Crippen molar-refractivity contribution in [1.82, 2.24) is 5.32 Å². The molecule has 18 heavy (non-hydrogen) atoms. The van der Waals surface area contributed by atoms with E-state index in [0.29, 0.717) is 24.5 Å². The van der Waals surface area contributed by atoms with Crippen LogP contribution in [0.2, 0.25) is 0 Å². The zero-order chi connectivity index (χ0) is 13.0. The number of benzene rings is 1. The van der Waals surface area contributed by atoms with E-state index >= 15 is 0 Å². The molecule has 5 nitrogen and oxygen atoms in total. The van der Waals surface area contributed by atoms with E-state index < -0.39 is 0 Å². The molecule has 1 fully saturated rings. The lowest BCUT2D eigenvalue weighted by Gasteiger charge is -2.12. The van der Waals surface area contributed by atoms with Crippen LogP contribution in [0.3, 0.4) is 0 Å². The van der Waals surface area contributed by atoms with Crippen molar-refractivity contribution in [3.8, 4) is 0 Å². The Kier molecular flexibility index (Phi) is 4.11. The minimum Gasteiger partial charge on any atom is -0.379 e. The van der Waals surface area contributed by atoms with Crippen LogP contribution in [0.25, 0.3) is 0 Å². The monoisotopic (exact) mass is 253 g/mol. The lowest BCUT2D eigenvalue weighted by atomic mass is 10.2. The number of urea groups is 1. The molecular weight excluding hydrogens is 237 g/mol. The zero-order valence-corrected chi connectivity index (χ0v) is 9.91. The summed E-state index contributed by atoms with van der Waals surface area (Å²) in [5, 5.41) is 5.42. The molecule has 1 unspecified atom stereocenters. The Bertz CT molecular complexity index is 433. The molecule has 2 rings (SSSR count). The number of hydrogen-bond donors (Lipinski definition) is 3. The first-order chi connectivity index (χ1) is 8.69. The minimum atomic E-state index is -0.368. The van der Waals surface area contributed by atoms with Crippen molar-refractivity contribution in [3.05, 3.63) is 29.6 Å². The maximum Gasteiger partial charge on any atom is 0.319 e. The Morgan fingerprint density at radius 3 is 3.06 bits per heavy atom. The molecule has 0 aromatic heterocycles. The summed E-state index contributed by atoms with van der Waals surface area (Å²) >= 11 is 0. The van der Waals surface area contributed by atoms with Gasteiger partial charge in [0.15, 0.2) is 0 Å². The zero-order valence-electron chi connectivity index (χ0n) is 9.91. The fraction of sp³-hybridized carbons (Fsp3) is 0.417. The van der Waals surface area contributed by atoms with Gasteiger partial charge in [0.25, 0.3) is 0 Å². The summed E-state index contributed by atoms with van der Waals surface area (Å²) in [4.78, 5) is 11.7. The van der Waals surface area contributed by atoms with Crippen molar-refractivity contribution in [2.45, 2.75) is 19.0 Å². The number of nitrogens with one attached hydrogen (secondary N) is 2. The second-order valence-electron chi connectivity index (χ2n) is 4.17. The van der Waals surface area contributed by atoms with Gasteiger partial charge in [0, 0.05) is 24.4 Å². The summed E-state index contributed by atoms with van der Waals surface area (Å²) in [6, 6.07) is 4.04. The van der Waals surface area contributed by atoms with Gasteiger partial charge >= 0.3 is 6.03 Å². The Balaban J connectivity index is 1.93. The molecule has 6 heteroatoms. The Labute approximate surface area is 104 Å². The van der Waals surface area contributed by atoms with Gasteiger partial charge < -0.3 is 21.1 Å². The van der Waals surface area contributed by atoms with Gasteiger partial charge in [-0.05, 0) is 24.6 Å². The Morgan fingerprint density at radius 2 is 2.39 bits per heavy atom. The van der Waals surface area contributed by atoms with Gasteiger partial charge in [0.1, 0.15) is 5.82 Å². The third-order valence-corrected chi connectivity index (χ3v) is 2.79. The largest absolute Gasteiger partial charge is 0.379 e. The van der Waals surface area contributed by atoms with Crippen LogP contribution in [-0.2, 0) is 11.3 Å². The fourth-order valence-electron chi connectivity index (χ4n) is 1.81. The fourth-order valence-corrected chi connectivity index (χ4v) is 1.81. The maximum atomic E-state index is 13.2. The third kappa shape index (κ3) is 3.18. The van der Waals surface area contributed by atoms with Crippen molar-refractivity contribution >= 4 is 11.7 Å². The average molecular weight is 253 g/mol. The highest BCUT2D eigenvalue weighted by Crippen LogP contribution is 2.14. The van der Waals surface area contributed by atoms with E-state index in [1.54, 1.807) is 0 Å². The number of halogens is 1. The summed E-state index contributed by atoms with van der Waals surface area (Å²) < 4.78 is 18.4. The topological polar surface area (TPSA) is 76.4 Å². The molecule has 4 N–H and O–H groups in total. The van der Waals surface area contributed by atoms with Crippen LogP contribution < -0.4 is 16.4 Å². The van der Waals surface area contributed by atoms with E-state index in [1.165, 1.54) is 18.2 Å². The molecule has 1 aromatic rings. The van der Waals surface area contributed by atoms with Crippen LogP contribution >= 0.6 is 0 Å². The van der Waals surface area contributed by atoms with Gasteiger partial charge in [-0.3, -0.25) is 0 Å². The van der Waals surface area contributed by atoms with Gasteiger partial charge in [-0.2, -0.15) is 0 Å². The molecule has 2 amide bonds. The average Bonchev–Trinajstić information content (AvgIpc) is 2.84. The number of hydrogen-bond acceptors (Lipinski definition) is 3. The van der Waals surface area contributed by atoms with Crippen molar-refractivity contribution < 1.29 is 13.9 Å².